The first kappa shape index (κ1) is 18.4. The van der Waals surface area contributed by atoms with Crippen LogP contribution in [0.1, 0.15) is 32.1 Å². The molecule has 9 heteroatoms. The molecule has 28 heavy (non-hydrogen) atoms. The molecular formula is C19H26N8O. The molecule has 1 saturated carbocycles. The monoisotopic (exact) mass is 382 g/mol. The van der Waals surface area contributed by atoms with Crippen molar-refractivity contribution in [3.8, 4) is 0 Å². The lowest BCUT2D eigenvalue weighted by molar-refractivity contribution is 0.244. The van der Waals surface area contributed by atoms with Crippen LogP contribution >= 0.6 is 0 Å². The number of amides is 2. The molecule has 0 bridgehead atoms. The van der Waals surface area contributed by atoms with Gasteiger partial charge in [0, 0.05) is 44.6 Å². The van der Waals surface area contributed by atoms with Crippen molar-refractivity contribution < 1.29 is 4.79 Å². The molecule has 148 valence electrons. The minimum absolute atomic E-state index is 0.203. The van der Waals surface area contributed by atoms with E-state index in [0.717, 1.165) is 50.8 Å². The second-order valence-corrected chi connectivity index (χ2v) is 7.23. The van der Waals surface area contributed by atoms with E-state index >= 15 is 0 Å². The molecule has 1 aliphatic carbocycles. The molecule has 2 N–H and O–H groups in total. The highest BCUT2D eigenvalue weighted by Gasteiger charge is 2.20. The zero-order valence-electron chi connectivity index (χ0n) is 15.9. The molecule has 3 heterocycles. The Kier molecular flexibility index (Phi) is 5.79. The molecule has 0 atom stereocenters. The minimum atomic E-state index is -0.203. The molecule has 0 unspecified atom stereocenters. The minimum Gasteiger partial charge on any atom is -0.352 e. The summed E-state index contributed by atoms with van der Waals surface area (Å²) in [6.45, 7) is 3.30. The smallest absolute Gasteiger partial charge is 0.320 e. The lowest BCUT2D eigenvalue weighted by Gasteiger charge is -2.35. The predicted octanol–water partition coefficient (Wildman–Crippen LogP) is 2.05. The van der Waals surface area contributed by atoms with E-state index in [1.807, 2.05) is 12.1 Å². The number of hydrogen-bond acceptors (Lipinski definition) is 7. The molecule has 2 aromatic rings. The second-order valence-electron chi connectivity index (χ2n) is 7.23. The van der Waals surface area contributed by atoms with Crippen LogP contribution in [0.15, 0.2) is 30.6 Å². The normalized spacial score (nSPS) is 18.0. The van der Waals surface area contributed by atoms with Gasteiger partial charge in [0.05, 0.1) is 0 Å². The summed E-state index contributed by atoms with van der Waals surface area (Å²) in [4.78, 5) is 25.1. The van der Waals surface area contributed by atoms with Crippen LogP contribution in [0, 0.1) is 0 Å². The van der Waals surface area contributed by atoms with Crippen LogP contribution in [0.3, 0.4) is 0 Å². The number of nitrogens with zero attached hydrogens (tertiary/aromatic N) is 6. The first-order valence-electron chi connectivity index (χ1n) is 9.96. The van der Waals surface area contributed by atoms with E-state index in [4.69, 9.17) is 0 Å². The third-order valence-electron chi connectivity index (χ3n) is 5.27. The molecule has 2 fully saturated rings. The molecule has 1 saturated heterocycles. The Morgan fingerprint density at radius 1 is 0.929 bits per heavy atom. The van der Waals surface area contributed by atoms with Crippen molar-refractivity contribution in [2.45, 2.75) is 38.1 Å². The Morgan fingerprint density at radius 3 is 2.32 bits per heavy atom. The van der Waals surface area contributed by atoms with Gasteiger partial charge in [0.25, 0.3) is 0 Å². The first-order chi connectivity index (χ1) is 13.8. The molecule has 2 amide bonds. The summed E-state index contributed by atoms with van der Waals surface area (Å²) in [5.74, 6) is 2.04. The van der Waals surface area contributed by atoms with Gasteiger partial charge in [-0.05, 0) is 31.0 Å². The van der Waals surface area contributed by atoms with Gasteiger partial charge in [0.15, 0.2) is 11.6 Å². The number of urea groups is 1. The quantitative estimate of drug-likeness (QED) is 0.835. The van der Waals surface area contributed by atoms with Crippen molar-refractivity contribution in [1.82, 2.24) is 25.5 Å². The van der Waals surface area contributed by atoms with Gasteiger partial charge >= 0.3 is 6.03 Å². The molecular weight excluding hydrogens is 356 g/mol. The molecule has 0 radical (unpaired) electrons. The molecule has 9 nitrogen and oxygen atoms in total. The lowest BCUT2D eigenvalue weighted by atomic mass is 9.96. The first-order valence-corrected chi connectivity index (χ1v) is 9.96. The Bertz CT molecular complexity index is 755. The summed E-state index contributed by atoms with van der Waals surface area (Å²) in [7, 11) is 0. The summed E-state index contributed by atoms with van der Waals surface area (Å²) in [6, 6.07) is 5.59. The maximum atomic E-state index is 12.1. The Morgan fingerprint density at radius 2 is 1.64 bits per heavy atom. The van der Waals surface area contributed by atoms with E-state index in [1.54, 1.807) is 18.5 Å². The van der Waals surface area contributed by atoms with Crippen molar-refractivity contribution in [2.24, 2.45) is 0 Å². The van der Waals surface area contributed by atoms with Crippen LogP contribution in [-0.2, 0) is 0 Å². The maximum absolute atomic E-state index is 12.1. The third kappa shape index (κ3) is 4.65. The van der Waals surface area contributed by atoms with Crippen molar-refractivity contribution in [3.63, 3.8) is 0 Å². The van der Waals surface area contributed by atoms with E-state index in [9.17, 15) is 4.79 Å². The number of carbonyl (C=O) groups excluding carboxylic acids is 1. The molecule has 0 aromatic carbocycles. The van der Waals surface area contributed by atoms with Crippen molar-refractivity contribution in [3.05, 3.63) is 30.6 Å². The molecule has 2 aromatic heterocycles. The topological polar surface area (TPSA) is 99.2 Å². The molecule has 4 rings (SSSR count). The highest BCUT2D eigenvalue weighted by Crippen LogP contribution is 2.18. The zero-order valence-corrected chi connectivity index (χ0v) is 15.9. The van der Waals surface area contributed by atoms with Crippen LogP contribution in [0.25, 0.3) is 0 Å². The Balaban J connectivity index is 1.27. The second kappa shape index (κ2) is 8.81. The largest absolute Gasteiger partial charge is 0.352 e. The fourth-order valence-corrected chi connectivity index (χ4v) is 3.74. The van der Waals surface area contributed by atoms with Crippen molar-refractivity contribution >= 4 is 23.6 Å². The van der Waals surface area contributed by atoms with Gasteiger partial charge in [-0.15, -0.1) is 10.2 Å². The number of rotatable bonds is 4. The van der Waals surface area contributed by atoms with Gasteiger partial charge in [0.1, 0.15) is 0 Å². The van der Waals surface area contributed by atoms with Crippen LogP contribution < -0.4 is 20.4 Å². The maximum Gasteiger partial charge on any atom is 0.320 e. The van der Waals surface area contributed by atoms with Crippen molar-refractivity contribution in [2.75, 3.05) is 41.3 Å². The molecule has 2 aliphatic rings. The van der Waals surface area contributed by atoms with E-state index in [-0.39, 0.29) is 12.1 Å². The number of hydrogen-bond donors (Lipinski definition) is 2. The summed E-state index contributed by atoms with van der Waals surface area (Å²) in [6.07, 6.45) is 9.26. The number of anilines is 3. The van der Waals surface area contributed by atoms with Gasteiger partial charge in [-0.1, -0.05) is 19.3 Å². The van der Waals surface area contributed by atoms with Crippen LogP contribution in [0.5, 0.6) is 0 Å². The van der Waals surface area contributed by atoms with Gasteiger partial charge in [-0.2, -0.15) is 0 Å². The predicted molar refractivity (Wildman–Crippen MR) is 108 cm³/mol. The number of carbonyl (C=O) groups is 1. The summed E-state index contributed by atoms with van der Waals surface area (Å²) in [5.41, 5.74) is 0. The van der Waals surface area contributed by atoms with Crippen LogP contribution in [0.4, 0.5) is 22.4 Å². The highest BCUT2D eigenvalue weighted by molar-refractivity contribution is 5.88. The van der Waals surface area contributed by atoms with Gasteiger partial charge in [-0.3, -0.25) is 5.32 Å². The summed E-state index contributed by atoms with van der Waals surface area (Å²) in [5, 5.41) is 14.2. The zero-order chi connectivity index (χ0) is 19.2. The fourth-order valence-electron chi connectivity index (χ4n) is 3.74. The average Bonchev–Trinajstić information content (AvgIpc) is 2.76. The number of piperazine rings is 1. The molecule has 1 aliphatic heterocycles. The summed E-state index contributed by atoms with van der Waals surface area (Å²) < 4.78 is 0. The average molecular weight is 382 g/mol. The van der Waals surface area contributed by atoms with Gasteiger partial charge < -0.3 is 15.1 Å². The van der Waals surface area contributed by atoms with E-state index in [0.29, 0.717) is 5.82 Å². The van der Waals surface area contributed by atoms with E-state index < -0.39 is 0 Å². The van der Waals surface area contributed by atoms with E-state index in [2.05, 4.69) is 40.6 Å². The standard InChI is InChI=1S/C19H26N8O/c28-19(22-15-5-2-1-3-6-15)23-16-7-8-17(25-24-16)26-11-13-27(14-12-26)18-20-9-4-10-21-18/h4,7-10,15H,1-3,5-6,11-14H2,(H2,22,23,24,28). The lowest BCUT2D eigenvalue weighted by Crippen LogP contribution is -2.47. The number of nitrogens with one attached hydrogen (secondary N) is 2. The molecule has 0 spiro atoms. The van der Waals surface area contributed by atoms with Crippen LogP contribution in [0.2, 0.25) is 0 Å². The Hall–Kier alpha value is -2.97. The third-order valence-corrected chi connectivity index (χ3v) is 5.27. The van der Waals surface area contributed by atoms with Crippen molar-refractivity contribution in [1.29, 1.82) is 0 Å². The SMILES string of the molecule is O=C(Nc1ccc(N2CCN(c3ncccn3)CC2)nn1)NC1CCCCC1. The number of aromatic nitrogens is 4. The van der Waals surface area contributed by atoms with Crippen LogP contribution in [-0.4, -0.2) is 58.4 Å². The fraction of sp³-hybridized carbons (Fsp3) is 0.526. The Labute approximate surface area is 164 Å². The van der Waals surface area contributed by atoms with Gasteiger partial charge in [-0.25, -0.2) is 14.8 Å². The highest BCUT2D eigenvalue weighted by atomic mass is 16.2. The van der Waals surface area contributed by atoms with Gasteiger partial charge in [0.2, 0.25) is 5.95 Å². The summed E-state index contributed by atoms with van der Waals surface area (Å²) >= 11 is 0. The van der Waals surface area contributed by atoms with E-state index in [1.165, 1.54) is 19.3 Å².